The molecule has 0 amide bonds. The Labute approximate surface area is 88.6 Å². The second-order valence-electron chi connectivity index (χ2n) is 4.59. The minimum absolute atomic E-state index is 0.146. The van der Waals surface area contributed by atoms with Crippen LogP contribution in [0.3, 0.4) is 0 Å². The summed E-state index contributed by atoms with van der Waals surface area (Å²) in [6.07, 6.45) is 0.513. The highest BCUT2D eigenvalue weighted by Crippen LogP contribution is 2.15. The Morgan fingerprint density at radius 3 is 2.80 bits per heavy atom. The van der Waals surface area contributed by atoms with Crippen LogP contribution in [0.1, 0.15) is 27.2 Å². The third-order valence-corrected chi connectivity index (χ3v) is 2.01. The minimum atomic E-state index is -0.477. The van der Waals surface area contributed by atoms with Crippen LogP contribution >= 0.6 is 0 Å². The first-order valence-corrected chi connectivity index (χ1v) is 4.93. The van der Waals surface area contributed by atoms with E-state index in [0.29, 0.717) is 13.0 Å². The van der Waals surface area contributed by atoms with Gasteiger partial charge in [-0.1, -0.05) is 5.11 Å². The van der Waals surface area contributed by atoms with Crippen LogP contribution in [0.5, 0.6) is 0 Å². The van der Waals surface area contributed by atoms with Gasteiger partial charge in [0.15, 0.2) is 0 Å². The largest absolute Gasteiger partial charge is 0.459 e. The SMILES string of the molecule is CC(C)(C)OC(=O)C1CC(N=[N+]=[N-])CN1. The van der Waals surface area contributed by atoms with Crippen LogP contribution < -0.4 is 5.32 Å². The first-order chi connectivity index (χ1) is 6.92. The average Bonchev–Trinajstić information content (AvgIpc) is 2.50. The molecule has 2 atom stereocenters. The van der Waals surface area contributed by atoms with Gasteiger partial charge in [0.1, 0.15) is 11.6 Å². The Morgan fingerprint density at radius 1 is 1.60 bits per heavy atom. The molecule has 1 aliphatic rings. The van der Waals surface area contributed by atoms with Gasteiger partial charge in [-0.3, -0.25) is 4.79 Å². The highest BCUT2D eigenvalue weighted by atomic mass is 16.6. The number of azide groups is 1. The molecule has 15 heavy (non-hydrogen) atoms. The van der Waals surface area contributed by atoms with E-state index in [0.717, 1.165) is 0 Å². The molecule has 0 bridgehead atoms. The maximum absolute atomic E-state index is 11.6. The van der Waals surface area contributed by atoms with Crippen LogP contribution in [0.25, 0.3) is 10.4 Å². The van der Waals surface area contributed by atoms with Crippen molar-refractivity contribution in [2.75, 3.05) is 6.54 Å². The Bertz CT molecular complexity index is 291. The highest BCUT2D eigenvalue weighted by molar-refractivity contribution is 5.76. The Morgan fingerprint density at radius 2 is 2.27 bits per heavy atom. The molecule has 1 N–H and O–H groups in total. The lowest BCUT2D eigenvalue weighted by Crippen LogP contribution is -2.37. The van der Waals surface area contributed by atoms with Crippen LogP contribution in [0, 0.1) is 0 Å². The third kappa shape index (κ3) is 3.77. The normalized spacial score (nSPS) is 25.8. The number of esters is 1. The van der Waals surface area contributed by atoms with Crippen LogP contribution in [-0.2, 0) is 9.53 Å². The van der Waals surface area contributed by atoms with Crippen molar-refractivity contribution in [3.8, 4) is 0 Å². The van der Waals surface area contributed by atoms with E-state index in [1.165, 1.54) is 0 Å². The first-order valence-electron chi connectivity index (χ1n) is 4.93. The molecule has 2 unspecified atom stereocenters. The summed E-state index contributed by atoms with van der Waals surface area (Å²) in [4.78, 5) is 14.3. The van der Waals surface area contributed by atoms with E-state index < -0.39 is 5.60 Å². The Hall–Kier alpha value is -1.26. The van der Waals surface area contributed by atoms with Crippen LogP contribution in [-0.4, -0.2) is 30.2 Å². The van der Waals surface area contributed by atoms with E-state index in [1.807, 2.05) is 20.8 Å². The molecule has 6 heteroatoms. The molecular weight excluding hydrogens is 196 g/mol. The maximum atomic E-state index is 11.6. The third-order valence-electron chi connectivity index (χ3n) is 2.01. The van der Waals surface area contributed by atoms with E-state index in [2.05, 4.69) is 15.3 Å². The number of hydrogen-bond acceptors (Lipinski definition) is 4. The molecule has 1 saturated heterocycles. The fourth-order valence-corrected chi connectivity index (χ4v) is 1.43. The van der Waals surface area contributed by atoms with Crippen molar-refractivity contribution in [3.63, 3.8) is 0 Å². The summed E-state index contributed by atoms with van der Waals surface area (Å²) >= 11 is 0. The smallest absolute Gasteiger partial charge is 0.323 e. The van der Waals surface area contributed by atoms with E-state index in [1.54, 1.807) is 0 Å². The summed E-state index contributed by atoms with van der Waals surface area (Å²) in [5.41, 5.74) is 7.78. The van der Waals surface area contributed by atoms with Gasteiger partial charge in [0.25, 0.3) is 0 Å². The van der Waals surface area contributed by atoms with Crippen molar-refractivity contribution in [3.05, 3.63) is 10.4 Å². The van der Waals surface area contributed by atoms with Gasteiger partial charge >= 0.3 is 5.97 Å². The summed E-state index contributed by atoms with van der Waals surface area (Å²) in [5, 5.41) is 6.54. The summed E-state index contributed by atoms with van der Waals surface area (Å²) in [6, 6.07) is -0.493. The molecule has 1 aliphatic heterocycles. The fourth-order valence-electron chi connectivity index (χ4n) is 1.43. The van der Waals surface area contributed by atoms with Gasteiger partial charge < -0.3 is 10.1 Å². The second kappa shape index (κ2) is 4.51. The number of nitrogens with zero attached hydrogens (tertiary/aromatic N) is 3. The van der Waals surface area contributed by atoms with Gasteiger partial charge in [-0.05, 0) is 32.7 Å². The molecule has 0 aromatic carbocycles. The van der Waals surface area contributed by atoms with E-state index in [9.17, 15) is 4.79 Å². The van der Waals surface area contributed by atoms with Crippen molar-refractivity contribution in [2.45, 2.75) is 44.9 Å². The number of nitrogens with one attached hydrogen (secondary N) is 1. The number of ether oxygens (including phenoxy) is 1. The molecular formula is C9H16N4O2. The molecule has 1 rings (SSSR count). The van der Waals surface area contributed by atoms with Crippen LogP contribution in [0.4, 0.5) is 0 Å². The van der Waals surface area contributed by atoms with Gasteiger partial charge in [-0.2, -0.15) is 0 Å². The van der Waals surface area contributed by atoms with Gasteiger partial charge in [0.2, 0.25) is 0 Å². The summed E-state index contributed by atoms with van der Waals surface area (Å²) < 4.78 is 5.21. The molecule has 0 saturated carbocycles. The summed E-state index contributed by atoms with van der Waals surface area (Å²) in [5.74, 6) is -0.280. The van der Waals surface area contributed by atoms with Crippen molar-refractivity contribution >= 4 is 5.97 Å². The molecule has 0 radical (unpaired) electrons. The zero-order chi connectivity index (χ0) is 11.5. The van der Waals surface area contributed by atoms with Gasteiger partial charge in [-0.25, -0.2) is 0 Å². The van der Waals surface area contributed by atoms with Crippen molar-refractivity contribution < 1.29 is 9.53 Å². The molecule has 0 spiro atoms. The van der Waals surface area contributed by atoms with Gasteiger partial charge in [0.05, 0.1) is 6.04 Å². The molecule has 6 nitrogen and oxygen atoms in total. The molecule has 0 aromatic heterocycles. The zero-order valence-corrected chi connectivity index (χ0v) is 9.23. The topological polar surface area (TPSA) is 87.1 Å². The lowest BCUT2D eigenvalue weighted by atomic mass is 10.1. The number of carbonyl (C=O) groups is 1. The second-order valence-corrected chi connectivity index (χ2v) is 4.59. The standard InChI is InChI=1S/C9H16N4O2/c1-9(2,3)15-8(14)7-4-6(5-11-7)12-13-10/h6-7,11H,4-5H2,1-3H3. The van der Waals surface area contributed by atoms with Crippen LogP contribution in [0.15, 0.2) is 5.11 Å². The molecule has 0 aliphatic carbocycles. The molecule has 1 heterocycles. The fraction of sp³-hybridized carbons (Fsp3) is 0.889. The lowest BCUT2D eigenvalue weighted by Gasteiger charge is -2.21. The number of rotatable bonds is 2. The van der Waals surface area contributed by atoms with E-state index in [-0.39, 0.29) is 18.1 Å². The summed E-state index contributed by atoms with van der Waals surface area (Å²) in [7, 11) is 0. The predicted octanol–water partition coefficient (Wildman–Crippen LogP) is 1.37. The highest BCUT2D eigenvalue weighted by Gasteiger charge is 2.31. The number of carbonyl (C=O) groups excluding carboxylic acids is 1. The lowest BCUT2D eigenvalue weighted by molar-refractivity contribution is -0.157. The van der Waals surface area contributed by atoms with E-state index >= 15 is 0 Å². The van der Waals surface area contributed by atoms with Crippen molar-refractivity contribution in [1.82, 2.24) is 5.32 Å². The molecule has 84 valence electrons. The zero-order valence-electron chi connectivity index (χ0n) is 9.23. The first kappa shape index (κ1) is 11.8. The monoisotopic (exact) mass is 212 g/mol. The maximum Gasteiger partial charge on any atom is 0.323 e. The molecule has 1 fully saturated rings. The van der Waals surface area contributed by atoms with Crippen LogP contribution in [0.2, 0.25) is 0 Å². The quantitative estimate of drug-likeness (QED) is 0.324. The average molecular weight is 212 g/mol. The van der Waals surface area contributed by atoms with E-state index in [4.69, 9.17) is 10.3 Å². The minimum Gasteiger partial charge on any atom is -0.459 e. The van der Waals surface area contributed by atoms with Crippen molar-refractivity contribution in [1.29, 1.82) is 0 Å². The van der Waals surface area contributed by atoms with Crippen molar-refractivity contribution in [2.24, 2.45) is 5.11 Å². The predicted molar refractivity (Wildman–Crippen MR) is 55.2 cm³/mol. The van der Waals surface area contributed by atoms with Gasteiger partial charge in [-0.15, -0.1) is 0 Å². The Balaban J connectivity index is 2.47. The Kier molecular flexibility index (Phi) is 3.55. The number of hydrogen-bond donors (Lipinski definition) is 1. The summed E-state index contributed by atoms with van der Waals surface area (Å²) in [6.45, 7) is 6.01. The molecule has 0 aromatic rings. The van der Waals surface area contributed by atoms with Gasteiger partial charge in [0, 0.05) is 11.5 Å².